The highest BCUT2D eigenvalue weighted by Crippen LogP contribution is 2.20. The molecule has 1 rings (SSSR count). The van der Waals surface area contributed by atoms with Gasteiger partial charge in [0.05, 0.1) is 11.9 Å². The van der Waals surface area contributed by atoms with Gasteiger partial charge in [-0.2, -0.15) is 5.10 Å². The molecule has 0 atom stereocenters. The van der Waals surface area contributed by atoms with Crippen molar-refractivity contribution in [3.8, 4) is 0 Å². The molecular formula is C13H23N3O. The van der Waals surface area contributed by atoms with E-state index < -0.39 is 0 Å². The lowest BCUT2D eigenvalue weighted by molar-refractivity contribution is 0.346. The average Bonchev–Trinajstić information content (AvgIpc) is 2.20. The minimum atomic E-state index is -0.0302. The van der Waals surface area contributed by atoms with Crippen LogP contribution in [0.3, 0.4) is 0 Å². The van der Waals surface area contributed by atoms with Crippen molar-refractivity contribution in [1.29, 1.82) is 0 Å². The third-order valence-electron chi connectivity index (χ3n) is 2.55. The molecule has 1 aromatic rings. The number of hydrogen-bond acceptors (Lipinski definition) is 3. The summed E-state index contributed by atoms with van der Waals surface area (Å²) in [6.07, 6.45) is 3.79. The van der Waals surface area contributed by atoms with Gasteiger partial charge in [-0.05, 0) is 25.2 Å². The van der Waals surface area contributed by atoms with Crippen molar-refractivity contribution in [1.82, 2.24) is 9.78 Å². The Hall–Kier alpha value is -1.32. The maximum atomic E-state index is 11.7. The van der Waals surface area contributed by atoms with Crippen molar-refractivity contribution in [2.45, 2.75) is 47.1 Å². The Bertz CT molecular complexity index is 404. The Morgan fingerprint density at radius 2 is 2.12 bits per heavy atom. The van der Waals surface area contributed by atoms with Gasteiger partial charge in [0, 0.05) is 19.2 Å². The van der Waals surface area contributed by atoms with E-state index in [1.807, 2.05) is 6.92 Å². The van der Waals surface area contributed by atoms with E-state index in [9.17, 15) is 4.79 Å². The second-order valence-corrected chi connectivity index (χ2v) is 5.50. The van der Waals surface area contributed by atoms with Crippen molar-refractivity contribution in [2.75, 3.05) is 11.9 Å². The molecule has 1 aromatic heterocycles. The summed E-state index contributed by atoms with van der Waals surface area (Å²) in [7, 11) is 0. The summed E-state index contributed by atoms with van der Waals surface area (Å²) in [5.41, 5.74) is 1.08. The third kappa shape index (κ3) is 5.02. The molecule has 17 heavy (non-hydrogen) atoms. The van der Waals surface area contributed by atoms with Crippen molar-refractivity contribution in [2.24, 2.45) is 5.41 Å². The maximum Gasteiger partial charge on any atom is 0.268 e. The number of anilines is 1. The van der Waals surface area contributed by atoms with Gasteiger partial charge in [-0.15, -0.1) is 0 Å². The fraction of sp³-hybridized carbons (Fsp3) is 0.692. The second-order valence-electron chi connectivity index (χ2n) is 5.50. The zero-order chi connectivity index (χ0) is 12.9. The molecule has 0 bridgehead atoms. The molecule has 0 unspecified atom stereocenters. The van der Waals surface area contributed by atoms with Crippen LogP contribution >= 0.6 is 0 Å². The Labute approximate surface area is 103 Å². The number of rotatable bonds is 5. The predicted molar refractivity (Wildman–Crippen MR) is 71.3 cm³/mol. The predicted octanol–water partition coefficient (Wildman–Crippen LogP) is 2.50. The fourth-order valence-electron chi connectivity index (χ4n) is 1.66. The van der Waals surface area contributed by atoms with Crippen molar-refractivity contribution < 1.29 is 0 Å². The minimum absolute atomic E-state index is 0.0302. The molecule has 1 heterocycles. The first-order valence-electron chi connectivity index (χ1n) is 6.23. The summed E-state index contributed by atoms with van der Waals surface area (Å²) in [5.74, 6) is 0. The molecule has 0 spiro atoms. The van der Waals surface area contributed by atoms with E-state index in [1.165, 1.54) is 4.68 Å². The number of hydrogen-bond donors (Lipinski definition) is 1. The van der Waals surface area contributed by atoms with Crippen LogP contribution in [0.15, 0.2) is 17.1 Å². The highest BCUT2D eigenvalue weighted by molar-refractivity contribution is 5.38. The lowest BCUT2D eigenvalue weighted by Gasteiger charge is -2.17. The Kier molecular flexibility index (Phi) is 4.73. The quantitative estimate of drug-likeness (QED) is 0.856. The third-order valence-corrected chi connectivity index (χ3v) is 2.55. The van der Waals surface area contributed by atoms with Crippen molar-refractivity contribution >= 4 is 5.69 Å². The van der Waals surface area contributed by atoms with E-state index in [4.69, 9.17) is 0 Å². The van der Waals surface area contributed by atoms with Gasteiger partial charge in [-0.3, -0.25) is 4.79 Å². The lowest BCUT2D eigenvalue weighted by Crippen LogP contribution is -2.23. The van der Waals surface area contributed by atoms with Crippen LogP contribution < -0.4 is 10.9 Å². The van der Waals surface area contributed by atoms with Gasteiger partial charge in [0.2, 0.25) is 0 Å². The lowest BCUT2D eigenvalue weighted by atomic mass is 9.91. The zero-order valence-electron chi connectivity index (χ0n) is 11.3. The molecule has 0 fully saturated rings. The molecule has 4 nitrogen and oxygen atoms in total. The molecule has 0 aliphatic rings. The summed E-state index contributed by atoms with van der Waals surface area (Å²) in [5, 5.41) is 7.24. The number of nitrogens with one attached hydrogen (secondary N) is 1. The molecular weight excluding hydrogens is 214 g/mol. The first-order valence-corrected chi connectivity index (χ1v) is 6.23. The molecule has 0 aliphatic carbocycles. The van der Waals surface area contributed by atoms with Gasteiger partial charge in [-0.1, -0.05) is 20.8 Å². The summed E-state index contributed by atoms with van der Waals surface area (Å²) < 4.78 is 1.53. The molecule has 4 heteroatoms. The number of aromatic nitrogens is 2. The Morgan fingerprint density at radius 3 is 2.65 bits per heavy atom. The van der Waals surface area contributed by atoms with Crippen LogP contribution in [0.5, 0.6) is 0 Å². The molecule has 0 aromatic carbocycles. The van der Waals surface area contributed by atoms with Gasteiger partial charge < -0.3 is 5.32 Å². The van der Waals surface area contributed by atoms with Crippen LogP contribution in [-0.4, -0.2) is 16.3 Å². The van der Waals surface area contributed by atoms with Gasteiger partial charge in [0.25, 0.3) is 5.56 Å². The number of aryl methyl sites for hydroxylation is 1. The van der Waals surface area contributed by atoms with E-state index in [0.717, 1.165) is 25.1 Å². The molecule has 1 N–H and O–H groups in total. The zero-order valence-corrected chi connectivity index (χ0v) is 11.3. The molecule has 0 radical (unpaired) electrons. The molecule has 0 amide bonds. The van der Waals surface area contributed by atoms with Crippen LogP contribution in [0.4, 0.5) is 5.69 Å². The van der Waals surface area contributed by atoms with E-state index in [0.29, 0.717) is 12.0 Å². The standard InChI is InChI=1S/C13H23N3O/c1-5-14-11-9-12(17)16(15-10-11)8-6-7-13(2,3)4/h9-10,14H,5-8H2,1-4H3. The smallest absolute Gasteiger partial charge is 0.268 e. The van der Waals surface area contributed by atoms with Gasteiger partial charge in [-0.25, -0.2) is 4.68 Å². The highest BCUT2D eigenvalue weighted by atomic mass is 16.1. The second kappa shape index (κ2) is 5.84. The van der Waals surface area contributed by atoms with Crippen LogP contribution in [0.1, 0.15) is 40.5 Å². The van der Waals surface area contributed by atoms with Crippen LogP contribution in [0, 0.1) is 5.41 Å². The van der Waals surface area contributed by atoms with Gasteiger partial charge in [0.1, 0.15) is 0 Å². The summed E-state index contributed by atoms with van der Waals surface area (Å²) in [6, 6.07) is 1.60. The van der Waals surface area contributed by atoms with Crippen LogP contribution in [0.2, 0.25) is 0 Å². The summed E-state index contributed by atoms with van der Waals surface area (Å²) in [6.45, 7) is 10.1. The van der Waals surface area contributed by atoms with Crippen LogP contribution in [0.25, 0.3) is 0 Å². The first kappa shape index (κ1) is 13.7. The summed E-state index contributed by atoms with van der Waals surface area (Å²) >= 11 is 0. The molecule has 0 aliphatic heterocycles. The normalized spacial score (nSPS) is 11.5. The van der Waals surface area contributed by atoms with Crippen LogP contribution in [-0.2, 0) is 6.54 Å². The van der Waals surface area contributed by atoms with E-state index in [1.54, 1.807) is 12.3 Å². The Morgan fingerprint density at radius 1 is 1.41 bits per heavy atom. The van der Waals surface area contributed by atoms with E-state index in [-0.39, 0.29) is 5.56 Å². The monoisotopic (exact) mass is 237 g/mol. The molecule has 96 valence electrons. The largest absolute Gasteiger partial charge is 0.384 e. The Balaban J connectivity index is 2.58. The fourth-order valence-corrected chi connectivity index (χ4v) is 1.66. The van der Waals surface area contributed by atoms with Gasteiger partial charge in [0.15, 0.2) is 0 Å². The SMILES string of the molecule is CCNc1cnn(CCCC(C)(C)C)c(=O)c1. The topological polar surface area (TPSA) is 46.9 Å². The number of nitrogens with zero attached hydrogens (tertiary/aromatic N) is 2. The highest BCUT2D eigenvalue weighted by Gasteiger charge is 2.09. The summed E-state index contributed by atoms with van der Waals surface area (Å²) in [4.78, 5) is 11.7. The molecule has 0 saturated carbocycles. The van der Waals surface area contributed by atoms with Gasteiger partial charge >= 0.3 is 0 Å². The van der Waals surface area contributed by atoms with Crippen molar-refractivity contribution in [3.05, 3.63) is 22.6 Å². The van der Waals surface area contributed by atoms with E-state index in [2.05, 4.69) is 31.2 Å². The van der Waals surface area contributed by atoms with E-state index >= 15 is 0 Å². The van der Waals surface area contributed by atoms with Crippen molar-refractivity contribution in [3.63, 3.8) is 0 Å². The molecule has 0 saturated heterocycles. The minimum Gasteiger partial charge on any atom is -0.384 e. The maximum absolute atomic E-state index is 11.7. The average molecular weight is 237 g/mol. The first-order chi connectivity index (χ1) is 7.92.